The average Bonchev–Trinajstić information content (AvgIpc) is 3.52. The van der Waals surface area contributed by atoms with Gasteiger partial charge in [-0.25, -0.2) is 4.39 Å². The van der Waals surface area contributed by atoms with Crippen molar-refractivity contribution in [3.8, 4) is 5.69 Å². The Labute approximate surface area is 247 Å². The minimum Gasteiger partial charge on any atom is -0.339 e. The first kappa shape index (κ1) is 29.9. The summed E-state index contributed by atoms with van der Waals surface area (Å²) >= 11 is 0. The number of nitrogens with one attached hydrogen (secondary N) is 1. The van der Waals surface area contributed by atoms with E-state index in [1.807, 2.05) is 50.2 Å². The summed E-state index contributed by atoms with van der Waals surface area (Å²) in [7, 11) is 0. The number of hydrogen-bond acceptors (Lipinski definition) is 5. The fourth-order valence-corrected chi connectivity index (χ4v) is 6.92. The van der Waals surface area contributed by atoms with E-state index >= 15 is 0 Å². The number of piperidine rings is 1. The van der Waals surface area contributed by atoms with Crippen molar-refractivity contribution in [3.63, 3.8) is 0 Å². The van der Waals surface area contributed by atoms with Crippen LogP contribution in [-0.4, -0.2) is 74.2 Å². The number of rotatable bonds is 7. The number of fused-ring (bicyclic) bond motifs is 1. The van der Waals surface area contributed by atoms with Crippen molar-refractivity contribution in [1.82, 2.24) is 24.7 Å². The molecule has 0 bridgehead atoms. The predicted octanol–water partition coefficient (Wildman–Crippen LogP) is 5.29. The number of nitrogens with zero attached hydrogens (tertiary/aromatic N) is 4. The summed E-state index contributed by atoms with van der Waals surface area (Å²) in [6.45, 7) is 12.8. The number of benzene rings is 1. The van der Waals surface area contributed by atoms with Gasteiger partial charge in [-0.15, -0.1) is 0 Å². The molecule has 4 atom stereocenters. The molecular formula is C33H42FN5O3. The van der Waals surface area contributed by atoms with Crippen molar-refractivity contribution in [1.29, 1.82) is 0 Å². The third kappa shape index (κ3) is 5.35. The largest absolute Gasteiger partial charge is 0.339 e. The maximum absolute atomic E-state index is 14.5. The molecule has 5 rings (SSSR count). The molecule has 2 amide bonds. The van der Waals surface area contributed by atoms with E-state index in [1.54, 1.807) is 23.4 Å². The second-order valence-corrected chi connectivity index (χ2v) is 12.2. The molecule has 8 nitrogen and oxygen atoms in total. The van der Waals surface area contributed by atoms with Crippen molar-refractivity contribution >= 4 is 28.5 Å². The molecule has 1 N–H and O–H groups in total. The smallest absolute Gasteiger partial charge is 0.256 e. The summed E-state index contributed by atoms with van der Waals surface area (Å²) < 4.78 is 16.4. The van der Waals surface area contributed by atoms with Gasteiger partial charge in [0, 0.05) is 60.0 Å². The van der Waals surface area contributed by atoms with Gasteiger partial charge in [0.2, 0.25) is 5.91 Å². The number of Topliss-reactive ketones (excluding diaryl/α,β-unsaturated/α-hetero) is 1. The van der Waals surface area contributed by atoms with Crippen LogP contribution in [0.15, 0.2) is 36.7 Å². The molecule has 3 aromatic rings. The van der Waals surface area contributed by atoms with Crippen LogP contribution in [-0.2, 0) is 4.79 Å². The van der Waals surface area contributed by atoms with E-state index in [2.05, 4.69) is 17.2 Å². The minimum absolute atomic E-state index is 0.0290. The van der Waals surface area contributed by atoms with Crippen LogP contribution in [0.25, 0.3) is 16.6 Å². The highest BCUT2D eigenvalue weighted by molar-refractivity contribution is 6.11. The molecule has 2 saturated heterocycles. The molecule has 9 heteroatoms. The van der Waals surface area contributed by atoms with Gasteiger partial charge < -0.3 is 19.7 Å². The molecule has 1 aromatic carbocycles. The van der Waals surface area contributed by atoms with Crippen LogP contribution in [0.4, 0.5) is 4.39 Å². The van der Waals surface area contributed by atoms with Crippen molar-refractivity contribution in [3.05, 3.63) is 59.3 Å². The highest BCUT2D eigenvalue weighted by Gasteiger charge is 2.38. The molecular weight excluding hydrogens is 533 g/mol. The maximum atomic E-state index is 14.5. The van der Waals surface area contributed by atoms with E-state index < -0.39 is 5.82 Å². The molecule has 42 heavy (non-hydrogen) atoms. The van der Waals surface area contributed by atoms with E-state index in [1.165, 1.54) is 12.1 Å². The topological polar surface area (TPSA) is 87.5 Å². The van der Waals surface area contributed by atoms with Crippen LogP contribution in [0.1, 0.15) is 86.7 Å². The Morgan fingerprint density at radius 3 is 2.55 bits per heavy atom. The zero-order chi connectivity index (χ0) is 30.3. The summed E-state index contributed by atoms with van der Waals surface area (Å²) in [6, 6.07) is 6.14. The van der Waals surface area contributed by atoms with E-state index in [0.717, 1.165) is 18.2 Å². The van der Waals surface area contributed by atoms with E-state index in [4.69, 9.17) is 0 Å². The molecule has 224 valence electrons. The normalized spacial score (nSPS) is 22.6. The standard InChI is InChI=1S/C33H42FN5O3/c1-7-37(19(2)3)32(41)26-17-24(34)9-11-28(26)39-22(6)30(25-12-14-35-18-29(25)39)31(40)23-13-15-38(21(5)16-23)33(42)27-10-8-20(4)36-27/h9,11-12,14,17-21,23,27,36H,7-8,10,13,15-16H2,1-6H3/t20-,21+,23?,27+/m1/s1. The highest BCUT2D eigenvalue weighted by Crippen LogP contribution is 2.35. The van der Waals surface area contributed by atoms with Gasteiger partial charge in [0.25, 0.3) is 5.91 Å². The molecule has 1 unspecified atom stereocenters. The van der Waals surface area contributed by atoms with Crippen molar-refractivity contribution in [2.75, 3.05) is 13.1 Å². The lowest BCUT2D eigenvalue weighted by molar-refractivity contribution is -0.136. The molecule has 0 aliphatic carbocycles. The Hall–Kier alpha value is -3.59. The van der Waals surface area contributed by atoms with Crippen LogP contribution in [0, 0.1) is 18.7 Å². The molecule has 2 aromatic heterocycles. The van der Waals surface area contributed by atoms with Gasteiger partial charge in [-0.2, -0.15) is 0 Å². The zero-order valence-corrected chi connectivity index (χ0v) is 25.5. The third-order valence-corrected chi connectivity index (χ3v) is 9.11. The molecule has 0 saturated carbocycles. The Bertz CT molecular complexity index is 1510. The number of carbonyl (C=O) groups excluding carboxylic acids is 3. The summed E-state index contributed by atoms with van der Waals surface area (Å²) in [6.07, 6.45) is 6.37. The third-order valence-electron chi connectivity index (χ3n) is 9.11. The first-order chi connectivity index (χ1) is 20.0. The van der Waals surface area contributed by atoms with Gasteiger partial charge in [0.15, 0.2) is 5.78 Å². The van der Waals surface area contributed by atoms with Crippen molar-refractivity contribution in [2.24, 2.45) is 5.92 Å². The fourth-order valence-electron chi connectivity index (χ4n) is 6.92. The average molecular weight is 576 g/mol. The van der Waals surface area contributed by atoms with Crippen LogP contribution in [0.3, 0.4) is 0 Å². The van der Waals surface area contributed by atoms with Gasteiger partial charge in [0.05, 0.1) is 29.0 Å². The quantitative estimate of drug-likeness (QED) is 0.387. The molecule has 2 aliphatic rings. The number of ketones is 1. The zero-order valence-electron chi connectivity index (χ0n) is 25.5. The van der Waals surface area contributed by atoms with Crippen molar-refractivity contribution < 1.29 is 18.8 Å². The SMILES string of the molecule is CCN(C(=O)c1cc(F)ccc1-n1c(C)c(C(=O)C2CCN(C(=O)[C@@H]3CC[C@@H](C)N3)[C@@H](C)C2)c2ccncc21)C(C)C. The lowest BCUT2D eigenvalue weighted by Crippen LogP contribution is -2.52. The van der Waals surface area contributed by atoms with E-state index in [-0.39, 0.29) is 47.2 Å². The van der Waals surface area contributed by atoms with E-state index in [9.17, 15) is 18.8 Å². The number of pyridine rings is 1. The number of carbonyl (C=O) groups is 3. The summed E-state index contributed by atoms with van der Waals surface area (Å²) in [5, 5.41) is 4.14. The minimum atomic E-state index is -0.497. The monoisotopic (exact) mass is 575 g/mol. The lowest BCUT2D eigenvalue weighted by atomic mass is 9.84. The molecule has 0 radical (unpaired) electrons. The molecule has 2 fully saturated rings. The van der Waals surface area contributed by atoms with E-state index in [0.29, 0.717) is 54.4 Å². The van der Waals surface area contributed by atoms with Gasteiger partial charge in [0.1, 0.15) is 5.82 Å². The number of halogens is 1. The number of likely N-dealkylation sites (tertiary alicyclic amines) is 1. The molecule has 0 spiro atoms. The Morgan fingerprint density at radius 2 is 1.90 bits per heavy atom. The Kier molecular flexibility index (Phi) is 8.51. The van der Waals surface area contributed by atoms with Crippen molar-refractivity contribution in [2.45, 2.75) is 91.4 Å². The Morgan fingerprint density at radius 1 is 1.14 bits per heavy atom. The summed E-state index contributed by atoms with van der Waals surface area (Å²) in [5.41, 5.74) is 2.72. The summed E-state index contributed by atoms with van der Waals surface area (Å²) in [5.74, 6) is -0.842. The number of aromatic nitrogens is 2. The summed E-state index contributed by atoms with van der Waals surface area (Å²) in [4.78, 5) is 49.1. The lowest BCUT2D eigenvalue weighted by Gasteiger charge is -2.38. The van der Waals surface area contributed by atoms with Crippen LogP contribution < -0.4 is 5.32 Å². The van der Waals surface area contributed by atoms with Crippen LogP contribution in [0.2, 0.25) is 0 Å². The van der Waals surface area contributed by atoms with Gasteiger partial charge in [-0.1, -0.05) is 0 Å². The second kappa shape index (κ2) is 12.0. The predicted molar refractivity (Wildman–Crippen MR) is 161 cm³/mol. The highest BCUT2D eigenvalue weighted by atomic mass is 19.1. The van der Waals surface area contributed by atoms with Gasteiger partial charge in [-0.05, 0) is 91.5 Å². The Balaban J connectivity index is 1.50. The second-order valence-electron chi connectivity index (χ2n) is 12.2. The van der Waals surface area contributed by atoms with Gasteiger partial charge in [-0.3, -0.25) is 19.4 Å². The molecule has 4 heterocycles. The maximum Gasteiger partial charge on any atom is 0.256 e. The number of hydrogen-bond donors (Lipinski definition) is 1. The van der Waals surface area contributed by atoms with Crippen LogP contribution >= 0.6 is 0 Å². The fraction of sp³-hybridized carbons (Fsp3) is 0.515. The first-order valence-electron chi connectivity index (χ1n) is 15.2. The van der Waals surface area contributed by atoms with Crippen LogP contribution in [0.5, 0.6) is 0 Å². The number of amides is 2. The van der Waals surface area contributed by atoms with Gasteiger partial charge >= 0.3 is 0 Å². The molecule has 2 aliphatic heterocycles. The first-order valence-corrected chi connectivity index (χ1v) is 15.2.